The molecular weight excluding hydrogens is 305 g/mol. The summed E-state index contributed by atoms with van der Waals surface area (Å²) in [7, 11) is 0. The molecule has 3 aliphatic rings. The largest absolute Gasteiger partial charge is 0.366 e. The minimum atomic E-state index is -0.182. The maximum atomic E-state index is 13.9. The van der Waals surface area contributed by atoms with Gasteiger partial charge in [0.05, 0.1) is 11.7 Å². The van der Waals surface area contributed by atoms with Crippen molar-refractivity contribution in [3.63, 3.8) is 0 Å². The SMILES string of the molecule is O=C(C1CC2CCCCC2N1)N1CCN(c2ccccc2F)CC1. The molecule has 0 aromatic heterocycles. The van der Waals surface area contributed by atoms with Crippen molar-refractivity contribution in [2.24, 2.45) is 5.92 Å². The highest BCUT2D eigenvalue weighted by molar-refractivity contribution is 5.82. The number of carbonyl (C=O) groups is 1. The number of carbonyl (C=O) groups excluding carboxylic acids is 1. The Morgan fingerprint density at radius 2 is 1.83 bits per heavy atom. The van der Waals surface area contributed by atoms with Crippen molar-refractivity contribution in [2.75, 3.05) is 31.1 Å². The van der Waals surface area contributed by atoms with Gasteiger partial charge in [-0.2, -0.15) is 0 Å². The quantitative estimate of drug-likeness (QED) is 0.904. The second kappa shape index (κ2) is 6.71. The van der Waals surface area contributed by atoms with E-state index >= 15 is 0 Å². The van der Waals surface area contributed by atoms with Gasteiger partial charge in [0.25, 0.3) is 0 Å². The molecule has 130 valence electrons. The van der Waals surface area contributed by atoms with Crippen LogP contribution in [-0.2, 0) is 4.79 Å². The summed E-state index contributed by atoms with van der Waals surface area (Å²) >= 11 is 0. The minimum Gasteiger partial charge on any atom is -0.366 e. The summed E-state index contributed by atoms with van der Waals surface area (Å²) in [6.45, 7) is 2.76. The van der Waals surface area contributed by atoms with Gasteiger partial charge in [0.1, 0.15) is 5.82 Å². The first kappa shape index (κ1) is 15.9. The number of fused-ring (bicyclic) bond motifs is 1. The normalized spacial score (nSPS) is 30.3. The average Bonchev–Trinajstić information content (AvgIpc) is 3.06. The van der Waals surface area contributed by atoms with Gasteiger partial charge in [-0.1, -0.05) is 25.0 Å². The molecule has 4 nitrogen and oxygen atoms in total. The summed E-state index contributed by atoms with van der Waals surface area (Å²) in [4.78, 5) is 16.8. The van der Waals surface area contributed by atoms with Crippen LogP contribution in [0.5, 0.6) is 0 Å². The van der Waals surface area contributed by atoms with E-state index in [9.17, 15) is 9.18 Å². The Bertz CT molecular complexity index is 586. The summed E-state index contributed by atoms with van der Waals surface area (Å²) in [5.74, 6) is 0.754. The Morgan fingerprint density at radius 3 is 2.58 bits per heavy atom. The van der Waals surface area contributed by atoms with Crippen molar-refractivity contribution in [1.82, 2.24) is 10.2 Å². The molecular formula is C19H26FN3O. The number of benzene rings is 1. The highest BCUT2D eigenvalue weighted by Gasteiger charge is 2.40. The fourth-order valence-corrected chi connectivity index (χ4v) is 4.61. The van der Waals surface area contributed by atoms with Gasteiger partial charge in [0.2, 0.25) is 5.91 Å². The fourth-order valence-electron chi connectivity index (χ4n) is 4.61. The van der Waals surface area contributed by atoms with Gasteiger partial charge in [0.15, 0.2) is 0 Å². The van der Waals surface area contributed by atoms with Crippen molar-refractivity contribution in [3.05, 3.63) is 30.1 Å². The van der Waals surface area contributed by atoms with Gasteiger partial charge in [-0.3, -0.25) is 4.79 Å². The average molecular weight is 331 g/mol. The second-order valence-corrected chi connectivity index (χ2v) is 7.37. The van der Waals surface area contributed by atoms with E-state index in [0.29, 0.717) is 43.8 Å². The Labute approximate surface area is 143 Å². The molecule has 24 heavy (non-hydrogen) atoms. The molecule has 2 saturated heterocycles. The van der Waals surface area contributed by atoms with Gasteiger partial charge in [0, 0.05) is 32.2 Å². The first-order chi connectivity index (χ1) is 11.7. The molecule has 1 aliphatic carbocycles. The van der Waals surface area contributed by atoms with E-state index in [1.165, 1.54) is 31.7 Å². The van der Waals surface area contributed by atoms with Crippen molar-refractivity contribution in [3.8, 4) is 0 Å². The van der Waals surface area contributed by atoms with Crippen LogP contribution >= 0.6 is 0 Å². The van der Waals surface area contributed by atoms with Crippen molar-refractivity contribution < 1.29 is 9.18 Å². The number of halogens is 1. The maximum Gasteiger partial charge on any atom is 0.239 e. The smallest absolute Gasteiger partial charge is 0.239 e. The minimum absolute atomic E-state index is 0.00175. The van der Waals surface area contributed by atoms with Crippen LogP contribution in [0.15, 0.2) is 24.3 Å². The van der Waals surface area contributed by atoms with E-state index in [2.05, 4.69) is 5.32 Å². The zero-order chi connectivity index (χ0) is 16.5. The molecule has 3 fully saturated rings. The third kappa shape index (κ3) is 3.02. The van der Waals surface area contributed by atoms with Crippen LogP contribution in [0, 0.1) is 11.7 Å². The highest BCUT2D eigenvalue weighted by atomic mass is 19.1. The molecule has 2 aliphatic heterocycles. The summed E-state index contributed by atoms with van der Waals surface area (Å²) in [5.41, 5.74) is 0.648. The summed E-state index contributed by atoms with van der Waals surface area (Å²) in [5, 5.41) is 3.58. The van der Waals surface area contributed by atoms with E-state index in [4.69, 9.17) is 0 Å². The molecule has 1 N–H and O–H groups in total. The molecule has 4 rings (SSSR count). The molecule has 5 heteroatoms. The van der Waals surface area contributed by atoms with E-state index in [-0.39, 0.29) is 17.8 Å². The third-order valence-corrected chi connectivity index (χ3v) is 5.95. The van der Waals surface area contributed by atoms with Gasteiger partial charge < -0.3 is 15.1 Å². The Kier molecular flexibility index (Phi) is 4.44. The van der Waals surface area contributed by atoms with Gasteiger partial charge in [-0.25, -0.2) is 4.39 Å². The lowest BCUT2D eigenvalue weighted by Gasteiger charge is -2.37. The van der Waals surface area contributed by atoms with E-state index in [1.54, 1.807) is 6.07 Å². The van der Waals surface area contributed by atoms with Crippen LogP contribution < -0.4 is 10.2 Å². The summed E-state index contributed by atoms with van der Waals surface area (Å²) in [6.07, 6.45) is 6.08. The van der Waals surface area contributed by atoms with Gasteiger partial charge in [-0.15, -0.1) is 0 Å². The molecule has 2 heterocycles. The van der Waals surface area contributed by atoms with Crippen molar-refractivity contribution in [1.29, 1.82) is 0 Å². The first-order valence-corrected chi connectivity index (χ1v) is 9.26. The molecule has 1 saturated carbocycles. The number of nitrogens with zero attached hydrogens (tertiary/aromatic N) is 2. The predicted octanol–water partition coefficient (Wildman–Crippen LogP) is 2.40. The zero-order valence-corrected chi connectivity index (χ0v) is 14.1. The van der Waals surface area contributed by atoms with Crippen molar-refractivity contribution in [2.45, 2.75) is 44.2 Å². The number of nitrogens with one attached hydrogen (secondary N) is 1. The number of hydrogen-bond donors (Lipinski definition) is 1. The standard InChI is InChI=1S/C19H26FN3O/c20-15-6-2-4-8-18(15)22-9-11-23(12-10-22)19(24)17-13-14-5-1-3-7-16(14)21-17/h2,4,6,8,14,16-17,21H,1,3,5,7,9-13H2. The lowest BCUT2D eigenvalue weighted by atomic mass is 9.85. The number of anilines is 1. The van der Waals surface area contributed by atoms with E-state index in [0.717, 1.165) is 6.42 Å². The lowest BCUT2D eigenvalue weighted by molar-refractivity contribution is -0.133. The van der Waals surface area contributed by atoms with Crippen LogP contribution in [0.25, 0.3) is 0 Å². The monoisotopic (exact) mass is 331 g/mol. The Hall–Kier alpha value is -1.62. The zero-order valence-electron chi connectivity index (χ0n) is 14.1. The molecule has 3 atom stereocenters. The summed E-state index contributed by atoms with van der Waals surface area (Å²) < 4.78 is 13.9. The second-order valence-electron chi connectivity index (χ2n) is 7.37. The maximum absolute atomic E-state index is 13.9. The lowest BCUT2D eigenvalue weighted by Crippen LogP contribution is -2.53. The molecule has 0 radical (unpaired) electrons. The summed E-state index contributed by atoms with van der Waals surface area (Å²) in [6, 6.07) is 7.43. The number of amides is 1. The van der Waals surface area contributed by atoms with E-state index in [1.807, 2.05) is 21.9 Å². The fraction of sp³-hybridized carbons (Fsp3) is 0.632. The number of hydrogen-bond acceptors (Lipinski definition) is 3. The number of para-hydroxylation sites is 1. The molecule has 1 amide bonds. The molecule has 3 unspecified atom stereocenters. The van der Waals surface area contributed by atoms with Gasteiger partial charge in [-0.05, 0) is 37.3 Å². The Balaban J connectivity index is 1.34. The molecule has 0 bridgehead atoms. The van der Waals surface area contributed by atoms with Crippen LogP contribution in [0.1, 0.15) is 32.1 Å². The molecule has 0 spiro atoms. The number of rotatable bonds is 2. The van der Waals surface area contributed by atoms with E-state index < -0.39 is 0 Å². The predicted molar refractivity (Wildman–Crippen MR) is 92.5 cm³/mol. The van der Waals surface area contributed by atoms with Crippen LogP contribution in [-0.4, -0.2) is 49.1 Å². The van der Waals surface area contributed by atoms with Gasteiger partial charge >= 0.3 is 0 Å². The molecule has 1 aromatic carbocycles. The molecule has 1 aromatic rings. The highest BCUT2D eigenvalue weighted by Crippen LogP contribution is 2.33. The van der Waals surface area contributed by atoms with Crippen LogP contribution in [0.4, 0.5) is 10.1 Å². The third-order valence-electron chi connectivity index (χ3n) is 5.95. The first-order valence-electron chi connectivity index (χ1n) is 9.26. The van der Waals surface area contributed by atoms with Crippen molar-refractivity contribution >= 4 is 11.6 Å². The van der Waals surface area contributed by atoms with Crippen LogP contribution in [0.3, 0.4) is 0 Å². The topological polar surface area (TPSA) is 35.6 Å². The Morgan fingerprint density at radius 1 is 1.08 bits per heavy atom. The van der Waals surface area contributed by atoms with Crippen LogP contribution in [0.2, 0.25) is 0 Å². The number of piperazine rings is 1.